The lowest BCUT2D eigenvalue weighted by molar-refractivity contribution is 0.144. The molecule has 28 heavy (non-hydrogen) atoms. The van der Waals surface area contributed by atoms with Crippen LogP contribution in [0.4, 0.5) is 10.6 Å². The zero-order chi connectivity index (χ0) is 19.3. The second-order valence-corrected chi connectivity index (χ2v) is 7.51. The molecule has 9 nitrogen and oxygen atoms in total. The van der Waals surface area contributed by atoms with Crippen molar-refractivity contribution < 1.29 is 9.53 Å². The first-order chi connectivity index (χ1) is 13.7. The van der Waals surface area contributed by atoms with Crippen LogP contribution in [-0.4, -0.2) is 77.0 Å². The fraction of sp³-hybridized carbons (Fsp3) is 0.579. The van der Waals surface area contributed by atoms with Crippen molar-refractivity contribution >= 4 is 17.5 Å². The van der Waals surface area contributed by atoms with Crippen LogP contribution < -0.4 is 10.2 Å². The Balaban J connectivity index is 1.31. The molecule has 1 N–H and O–H groups in total. The van der Waals surface area contributed by atoms with Crippen LogP contribution in [-0.2, 0) is 4.74 Å². The summed E-state index contributed by atoms with van der Waals surface area (Å²) in [6.07, 6.45) is 10.6. The molecule has 9 heteroatoms. The zero-order valence-electron chi connectivity index (χ0n) is 16.3. The van der Waals surface area contributed by atoms with Gasteiger partial charge in [-0.2, -0.15) is 0 Å². The Bertz CT molecular complexity index is 850. The highest BCUT2D eigenvalue weighted by Gasteiger charge is 2.24. The SMILES string of the molecule is CN(CC1=CCCOC1)C(=O)NC[C@H]1CCCN(c2nccn3cnnc23)C1. The number of aromatic nitrogens is 4. The first-order valence-electron chi connectivity index (χ1n) is 9.84. The number of likely N-dealkylation sites (N-methyl/N-ethyl adjacent to an activating group) is 1. The Morgan fingerprint density at radius 3 is 3.25 bits per heavy atom. The molecule has 0 spiro atoms. The van der Waals surface area contributed by atoms with Gasteiger partial charge in [0.1, 0.15) is 6.33 Å². The second kappa shape index (κ2) is 8.55. The van der Waals surface area contributed by atoms with E-state index in [9.17, 15) is 4.79 Å². The largest absolute Gasteiger partial charge is 0.377 e. The molecule has 0 saturated carbocycles. The monoisotopic (exact) mass is 385 g/mol. The number of hydrogen-bond donors (Lipinski definition) is 1. The lowest BCUT2D eigenvalue weighted by Gasteiger charge is -2.34. The summed E-state index contributed by atoms with van der Waals surface area (Å²) in [5.41, 5.74) is 1.94. The van der Waals surface area contributed by atoms with E-state index in [0.29, 0.717) is 25.6 Å². The normalized spacial score (nSPS) is 20.1. The Hall–Kier alpha value is -2.68. The number of nitrogens with zero attached hydrogens (tertiary/aromatic N) is 6. The van der Waals surface area contributed by atoms with Gasteiger partial charge >= 0.3 is 6.03 Å². The fourth-order valence-corrected chi connectivity index (χ4v) is 3.85. The number of amides is 2. The Labute approximate surface area is 164 Å². The van der Waals surface area contributed by atoms with Crippen LogP contribution in [0.1, 0.15) is 19.3 Å². The van der Waals surface area contributed by atoms with Crippen molar-refractivity contribution in [3.05, 3.63) is 30.4 Å². The van der Waals surface area contributed by atoms with E-state index in [2.05, 4.69) is 31.5 Å². The first-order valence-corrected chi connectivity index (χ1v) is 9.84. The number of nitrogens with one attached hydrogen (secondary N) is 1. The fourth-order valence-electron chi connectivity index (χ4n) is 3.85. The summed E-state index contributed by atoms with van der Waals surface area (Å²) in [6.45, 7) is 4.46. The van der Waals surface area contributed by atoms with E-state index < -0.39 is 0 Å². The Morgan fingerprint density at radius 2 is 2.39 bits per heavy atom. The van der Waals surface area contributed by atoms with Crippen molar-refractivity contribution in [2.24, 2.45) is 5.92 Å². The third kappa shape index (κ3) is 4.24. The van der Waals surface area contributed by atoms with Gasteiger partial charge in [0.15, 0.2) is 5.82 Å². The van der Waals surface area contributed by atoms with Crippen molar-refractivity contribution in [2.75, 3.05) is 51.3 Å². The van der Waals surface area contributed by atoms with Gasteiger partial charge in [-0.05, 0) is 30.8 Å². The minimum atomic E-state index is -0.0405. The highest BCUT2D eigenvalue weighted by Crippen LogP contribution is 2.23. The van der Waals surface area contributed by atoms with Gasteiger partial charge in [-0.15, -0.1) is 10.2 Å². The summed E-state index contributed by atoms with van der Waals surface area (Å²) in [5.74, 6) is 1.24. The van der Waals surface area contributed by atoms with Gasteiger partial charge < -0.3 is 19.9 Å². The van der Waals surface area contributed by atoms with Crippen molar-refractivity contribution in [1.29, 1.82) is 0 Å². The molecule has 2 aliphatic heterocycles. The summed E-state index contributed by atoms with van der Waals surface area (Å²) in [7, 11) is 1.83. The third-order valence-corrected chi connectivity index (χ3v) is 5.33. The van der Waals surface area contributed by atoms with E-state index in [1.807, 2.05) is 17.6 Å². The van der Waals surface area contributed by atoms with E-state index >= 15 is 0 Å². The maximum Gasteiger partial charge on any atom is 0.317 e. The molecule has 4 heterocycles. The summed E-state index contributed by atoms with van der Waals surface area (Å²) in [4.78, 5) is 20.9. The quantitative estimate of drug-likeness (QED) is 0.782. The van der Waals surface area contributed by atoms with Crippen LogP contribution in [0, 0.1) is 5.92 Å². The number of urea groups is 1. The molecule has 2 aliphatic rings. The second-order valence-electron chi connectivity index (χ2n) is 7.51. The molecule has 150 valence electrons. The lowest BCUT2D eigenvalue weighted by Crippen LogP contribution is -2.45. The van der Waals surface area contributed by atoms with Gasteiger partial charge in [0.2, 0.25) is 5.65 Å². The van der Waals surface area contributed by atoms with Gasteiger partial charge in [0.05, 0.1) is 13.2 Å². The van der Waals surface area contributed by atoms with Crippen LogP contribution in [0.3, 0.4) is 0 Å². The molecule has 2 amide bonds. The Morgan fingerprint density at radius 1 is 1.46 bits per heavy atom. The van der Waals surface area contributed by atoms with E-state index in [0.717, 1.165) is 50.4 Å². The first kappa shape index (κ1) is 18.7. The summed E-state index contributed by atoms with van der Waals surface area (Å²) in [6, 6.07) is -0.0405. The molecule has 1 saturated heterocycles. The highest BCUT2D eigenvalue weighted by atomic mass is 16.5. The zero-order valence-corrected chi connectivity index (χ0v) is 16.3. The van der Waals surface area contributed by atoms with E-state index in [4.69, 9.17) is 4.74 Å². The maximum atomic E-state index is 12.5. The van der Waals surface area contributed by atoms with Crippen molar-refractivity contribution in [3.8, 4) is 0 Å². The van der Waals surface area contributed by atoms with E-state index in [1.165, 1.54) is 5.57 Å². The molecular formula is C19H27N7O2. The molecule has 0 bridgehead atoms. The van der Waals surface area contributed by atoms with Gasteiger partial charge in [0.25, 0.3) is 0 Å². The van der Waals surface area contributed by atoms with Gasteiger partial charge in [-0.3, -0.25) is 4.40 Å². The summed E-state index contributed by atoms with van der Waals surface area (Å²) < 4.78 is 7.33. The summed E-state index contributed by atoms with van der Waals surface area (Å²) >= 11 is 0. The minimum absolute atomic E-state index is 0.0405. The average Bonchev–Trinajstić information content (AvgIpc) is 3.22. The molecule has 1 fully saturated rings. The van der Waals surface area contributed by atoms with Crippen LogP contribution in [0.2, 0.25) is 0 Å². The number of fused-ring (bicyclic) bond motifs is 1. The summed E-state index contributed by atoms with van der Waals surface area (Å²) in [5, 5.41) is 11.2. The van der Waals surface area contributed by atoms with Crippen molar-refractivity contribution in [1.82, 2.24) is 29.8 Å². The average molecular weight is 385 g/mol. The smallest absolute Gasteiger partial charge is 0.317 e. The maximum absolute atomic E-state index is 12.5. The third-order valence-electron chi connectivity index (χ3n) is 5.33. The van der Waals surface area contributed by atoms with E-state index in [1.54, 1.807) is 17.4 Å². The molecule has 2 aromatic heterocycles. The van der Waals surface area contributed by atoms with Crippen LogP contribution in [0.5, 0.6) is 0 Å². The topological polar surface area (TPSA) is 87.9 Å². The van der Waals surface area contributed by atoms with Gasteiger partial charge in [-0.1, -0.05) is 6.08 Å². The standard InChI is InChI=1S/C19H27N7O2/c1-24(11-16-5-3-9-28-13-16)19(27)21-10-15-4-2-7-25(12-15)17-18-23-22-14-26(18)8-6-20-17/h5-6,8,14-15H,2-4,7,9-13H2,1H3,(H,21,27)/t15-/m1/s1. The predicted octanol–water partition coefficient (Wildman–Crippen LogP) is 1.33. The van der Waals surface area contributed by atoms with Crippen LogP contribution in [0.25, 0.3) is 5.65 Å². The number of rotatable bonds is 5. The lowest BCUT2D eigenvalue weighted by atomic mass is 9.98. The number of carbonyl (C=O) groups is 1. The van der Waals surface area contributed by atoms with Gasteiger partial charge in [-0.25, -0.2) is 9.78 Å². The number of hydrogen-bond acceptors (Lipinski definition) is 6. The van der Waals surface area contributed by atoms with Crippen molar-refractivity contribution in [2.45, 2.75) is 19.3 Å². The molecule has 4 rings (SSSR count). The Kier molecular flexibility index (Phi) is 5.70. The molecular weight excluding hydrogens is 358 g/mol. The van der Waals surface area contributed by atoms with Crippen LogP contribution in [0.15, 0.2) is 30.4 Å². The molecule has 1 atom stereocenters. The number of piperidine rings is 1. The molecule has 0 aromatic carbocycles. The number of ether oxygens (including phenoxy) is 1. The molecule has 2 aromatic rings. The van der Waals surface area contributed by atoms with E-state index in [-0.39, 0.29) is 6.03 Å². The highest BCUT2D eigenvalue weighted by molar-refractivity contribution is 5.74. The van der Waals surface area contributed by atoms with Crippen molar-refractivity contribution in [3.63, 3.8) is 0 Å². The minimum Gasteiger partial charge on any atom is -0.377 e. The number of carbonyl (C=O) groups excluding carboxylic acids is 1. The molecule has 0 radical (unpaired) electrons. The van der Waals surface area contributed by atoms with Crippen LogP contribution >= 0.6 is 0 Å². The molecule has 0 aliphatic carbocycles. The molecule has 0 unspecified atom stereocenters. The predicted molar refractivity (Wildman–Crippen MR) is 105 cm³/mol. The van der Waals surface area contributed by atoms with Gasteiger partial charge in [0, 0.05) is 45.6 Å². The number of anilines is 1.